The second-order valence-corrected chi connectivity index (χ2v) is 9.70. The number of ether oxygens (including phenoxy) is 2. The Labute approximate surface area is 222 Å². The molecule has 3 aromatic rings. The zero-order valence-electron chi connectivity index (χ0n) is 22.3. The Balaban J connectivity index is 1.70. The first-order valence-corrected chi connectivity index (χ1v) is 13.0. The lowest BCUT2D eigenvalue weighted by atomic mass is 9.91. The van der Waals surface area contributed by atoms with E-state index in [9.17, 15) is 14.3 Å². The van der Waals surface area contributed by atoms with Crippen LogP contribution in [0.5, 0.6) is 11.6 Å². The molecule has 0 amide bonds. The summed E-state index contributed by atoms with van der Waals surface area (Å²) in [4.78, 5) is 17.5. The summed E-state index contributed by atoms with van der Waals surface area (Å²) in [6, 6.07) is 10.9. The summed E-state index contributed by atoms with van der Waals surface area (Å²) in [5, 5.41) is 9.25. The lowest BCUT2D eigenvalue weighted by Gasteiger charge is -2.29. The monoisotopic (exact) mass is 524 g/mol. The van der Waals surface area contributed by atoms with Gasteiger partial charge in [-0.2, -0.15) is 0 Å². The van der Waals surface area contributed by atoms with Crippen LogP contribution in [0.25, 0.3) is 11.1 Å². The molecule has 0 fully saturated rings. The number of methoxy groups -OCH3 is 1. The molecule has 1 N–H and O–H groups in total. The minimum absolute atomic E-state index is 0.0894. The molecule has 2 aromatic carbocycles. The normalized spacial score (nSPS) is 15.6. The van der Waals surface area contributed by atoms with Gasteiger partial charge in [-0.3, -0.25) is 9.69 Å². The zero-order valence-corrected chi connectivity index (χ0v) is 22.3. The average molecular weight is 525 g/mol. The molecule has 6 nitrogen and oxygen atoms in total. The first kappa shape index (κ1) is 27.5. The van der Waals surface area contributed by atoms with Gasteiger partial charge >= 0.3 is 5.97 Å². The average Bonchev–Trinajstić information content (AvgIpc) is 2.93. The fourth-order valence-electron chi connectivity index (χ4n) is 4.89. The van der Waals surface area contributed by atoms with E-state index in [4.69, 9.17) is 9.47 Å². The van der Waals surface area contributed by atoms with Crippen molar-refractivity contribution in [3.63, 3.8) is 0 Å². The van der Waals surface area contributed by atoms with Gasteiger partial charge in [0.05, 0.1) is 19.2 Å². The number of nitrogens with zero attached hydrogens (tertiary/aromatic N) is 2. The standard InChI is InChI=1S/C30H34F2N2O4/c1-5-34(6-2)17-22-14-20(9-11-23(22)24-15-27(37-4)33-16-25(24)31)26-12-10-19-7-8-21(13-18(3)30(35)36)28(32)29(19)38-26/h7-9,11,14-16,18,26H,5-6,10,12-13,17H2,1-4H3,(H,35,36)/t18?,26-/m1/s1. The van der Waals surface area contributed by atoms with Crippen molar-refractivity contribution < 1.29 is 28.2 Å². The third kappa shape index (κ3) is 5.80. The van der Waals surface area contributed by atoms with E-state index in [0.29, 0.717) is 36.4 Å². The van der Waals surface area contributed by atoms with Gasteiger partial charge in [0.1, 0.15) is 11.9 Å². The van der Waals surface area contributed by atoms with Crippen LogP contribution >= 0.6 is 0 Å². The molecule has 0 aliphatic carbocycles. The molecule has 4 rings (SSSR count). The van der Waals surface area contributed by atoms with Gasteiger partial charge < -0.3 is 14.6 Å². The maximum atomic E-state index is 15.4. The number of carboxylic acid groups (broad SMARTS) is 1. The van der Waals surface area contributed by atoms with Crippen molar-refractivity contribution in [3.05, 3.63) is 76.5 Å². The van der Waals surface area contributed by atoms with Crippen molar-refractivity contribution in [1.29, 1.82) is 0 Å². The smallest absolute Gasteiger partial charge is 0.306 e. The highest BCUT2D eigenvalue weighted by molar-refractivity contribution is 5.70. The first-order chi connectivity index (χ1) is 18.2. The second kappa shape index (κ2) is 11.9. The van der Waals surface area contributed by atoms with E-state index < -0.39 is 23.5 Å². The van der Waals surface area contributed by atoms with Crippen LogP contribution in [0.1, 0.15) is 55.5 Å². The predicted octanol–water partition coefficient (Wildman–Crippen LogP) is 6.21. The van der Waals surface area contributed by atoms with E-state index in [-0.39, 0.29) is 18.3 Å². The second-order valence-electron chi connectivity index (χ2n) is 9.70. The maximum absolute atomic E-state index is 15.4. The molecule has 0 radical (unpaired) electrons. The van der Waals surface area contributed by atoms with Crippen LogP contribution in [0.2, 0.25) is 0 Å². The number of halogens is 2. The number of carbonyl (C=O) groups is 1. The van der Waals surface area contributed by atoms with E-state index in [1.807, 2.05) is 24.3 Å². The largest absolute Gasteiger partial charge is 0.482 e. The van der Waals surface area contributed by atoms with Crippen LogP contribution in [0.3, 0.4) is 0 Å². The molecule has 0 bridgehead atoms. The summed E-state index contributed by atoms with van der Waals surface area (Å²) in [5.74, 6) is -2.08. The lowest BCUT2D eigenvalue weighted by Crippen LogP contribution is -2.23. The number of aromatic nitrogens is 1. The molecule has 1 aliphatic rings. The van der Waals surface area contributed by atoms with Crippen molar-refractivity contribution >= 4 is 5.97 Å². The topological polar surface area (TPSA) is 71.9 Å². The zero-order chi connectivity index (χ0) is 27.4. The lowest BCUT2D eigenvalue weighted by molar-refractivity contribution is -0.141. The van der Waals surface area contributed by atoms with E-state index in [2.05, 4.69) is 23.7 Å². The SMILES string of the molecule is CCN(CC)Cc1cc([C@H]2CCc3ccc(CC(C)C(=O)O)c(F)c3O2)ccc1-c1cc(OC)ncc1F. The molecular weight excluding hydrogens is 490 g/mol. The number of aliphatic carboxylic acids is 1. The van der Waals surface area contributed by atoms with Gasteiger partial charge in [-0.15, -0.1) is 0 Å². The number of pyridine rings is 1. The van der Waals surface area contributed by atoms with Crippen LogP contribution in [0.15, 0.2) is 42.6 Å². The van der Waals surface area contributed by atoms with Crippen molar-refractivity contribution in [1.82, 2.24) is 9.88 Å². The molecular formula is C30H34F2N2O4. The molecule has 1 aliphatic heterocycles. The van der Waals surface area contributed by atoms with Gasteiger partial charge in [0, 0.05) is 18.2 Å². The number of hydrogen-bond donors (Lipinski definition) is 1. The van der Waals surface area contributed by atoms with Crippen LogP contribution < -0.4 is 9.47 Å². The Morgan fingerprint density at radius 1 is 1.16 bits per heavy atom. The molecule has 1 aromatic heterocycles. The summed E-state index contributed by atoms with van der Waals surface area (Å²) in [6.45, 7) is 7.99. The van der Waals surface area contributed by atoms with Gasteiger partial charge in [-0.1, -0.05) is 51.1 Å². The third-order valence-electron chi connectivity index (χ3n) is 7.26. The Bertz CT molecular complexity index is 1310. The highest BCUT2D eigenvalue weighted by atomic mass is 19.1. The van der Waals surface area contributed by atoms with Gasteiger partial charge in [-0.25, -0.2) is 13.8 Å². The van der Waals surface area contributed by atoms with Crippen LogP contribution in [0, 0.1) is 17.6 Å². The molecule has 0 saturated carbocycles. The van der Waals surface area contributed by atoms with Crippen molar-refractivity contribution in [2.75, 3.05) is 20.2 Å². The highest BCUT2D eigenvalue weighted by Crippen LogP contribution is 2.40. The van der Waals surface area contributed by atoms with E-state index in [0.717, 1.165) is 41.5 Å². The number of aryl methyl sites for hydroxylation is 1. The van der Waals surface area contributed by atoms with Crippen molar-refractivity contribution in [2.24, 2.45) is 5.92 Å². The fourth-order valence-corrected chi connectivity index (χ4v) is 4.89. The maximum Gasteiger partial charge on any atom is 0.306 e. The summed E-state index contributed by atoms with van der Waals surface area (Å²) in [6.07, 6.45) is 2.17. The van der Waals surface area contributed by atoms with Crippen molar-refractivity contribution in [2.45, 2.75) is 52.7 Å². The Hall–Kier alpha value is -3.52. The van der Waals surface area contributed by atoms with Crippen LogP contribution in [-0.4, -0.2) is 41.2 Å². The van der Waals surface area contributed by atoms with Crippen LogP contribution in [0.4, 0.5) is 8.78 Å². The summed E-state index contributed by atoms with van der Waals surface area (Å²) >= 11 is 0. The van der Waals surface area contributed by atoms with E-state index >= 15 is 4.39 Å². The molecule has 38 heavy (non-hydrogen) atoms. The minimum Gasteiger partial charge on any atom is -0.482 e. The predicted molar refractivity (Wildman–Crippen MR) is 141 cm³/mol. The molecule has 202 valence electrons. The molecule has 0 saturated heterocycles. The van der Waals surface area contributed by atoms with Gasteiger partial charge in [0.2, 0.25) is 5.88 Å². The molecule has 2 heterocycles. The number of fused-ring (bicyclic) bond motifs is 1. The summed E-state index contributed by atoms with van der Waals surface area (Å²) < 4.78 is 41.7. The summed E-state index contributed by atoms with van der Waals surface area (Å²) in [5.41, 5.74) is 4.06. The van der Waals surface area contributed by atoms with Gasteiger partial charge in [-0.05, 0) is 60.2 Å². The van der Waals surface area contributed by atoms with Crippen molar-refractivity contribution in [3.8, 4) is 22.8 Å². The Kier molecular flexibility index (Phi) is 8.62. The quantitative estimate of drug-likeness (QED) is 0.340. The minimum atomic E-state index is -0.968. The third-order valence-corrected chi connectivity index (χ3v) is 7.26. The number of rotatable bonds is 10. The number of benzene rings is 2. The van der Waals surface area contributed by atoms with Gasteiger partial charge in [0.25, 0.3) is 0 Å². The fraction of sp³-hybridized carbons (Fsp3) is 0.400. The summed E-state index contributed by atoms with van der Waals surface area (Å²) in [7, 11) is 1.50. The number of hydrogen-bond acceptors (Lipinski definition) is 5. The molecule has 0 spiro atoms. The Morgan fingerprint density at radius 3 is 2.61 bits per heavy atom. The van der Waals surface area contributed by atoms with E-state index in [1.165, 1.54) is 7.11 Å². The highest BCUT2D eigenvalue weighted by Gasteiger charge is 2.27. The van der Waals surface area contributed by atoms with Gasteiger partial charge in [0.15, 0.2) is 11.6 Å². The molecule has 8 heteroatoms. The van der Waals surface area contributed by atoms with E-state index in [1.54, 1.807) is 19.1 Å². The number of carboxylic acids is 1. The Morgan fingerprint density at radius 2 is 1.92 bits per heavy atom. The molecule has 2 atom stereocenters. The first-order valence-electron chi connectivity index (χ1n) is 13.0. The molecule has 1 unspecified atom stereocenters. The van der Waals surface area contributed by atoms with Crippen LogP contribution in [-0.2, 0) is 24.2 Å².